The molecule has 0 radical (unpaired) electrons. The van der Waals surface area contributed by atoms with E-state index in [1.165, 1.54) is 37.8 Å². The van der Waals surface area contributed by atoms with Crippen molar-refractivity contribution >= 4 is 0 Å². The van der Waals surface area contributed by atoms with Crippen LogP contribution < -0.4 is 10.1 Å². The number of methoxy groups -OCH3 is 1. The molecule has 1 aliphatic carbocycles. The summed E-state index contributed by atoms with van der Waals surface area (Å²) in [6, 6.07) is 0.548. The highest BCUT2D eigenvalue weighted by molar-refractivity contribution is 5.29. The van der Waals surface area contributed by atoms with Gasteiger partial charge in [-0.25, -0.2) is 0 Å². The minimum absolute atomic E-state index is 0.548. The van der Waals surface area contributed by atoms with Crippen molar-refractivity contribution in [3.8, 4) is 5.75 Å². The molecule has 2 rings (SSSR count). The summed E-state index contributed by atoms with van der Waals surface area (Å²) < 4.78 is 7.73. The Balaban J connectivity index is 2.25. The maximum atomic E-state index is 5.59. The van der Waals surface area contributed by atoms with Gasteiger partial charge in [0.05, 0.1) is 19.0 Å². The quantitative estimate of drug-likeness (QED) is 0.815. The molecule has 2 atom stereocenters. The zero-order chi connectivity index (χ0) is 15.2. The molecule has 120 valence electrons. The van der Waals surface area contributed by atoms with Crippen LogP contribution in [0.2, 0.25) is 0 Å². The normalized spacial score (nSPS) is 23.3. The van der Waals surface area contributed by atoms with Crippen molar-refractivity contribution in [1.29, 1.82) is 0 Å². The van der Waals surface area contributed by atoms with Gasteiger partial charge >= 0.3 is 0 Å². The smallest absolute Gasteiger partial charge is 0.160 e. The van der Waals surface area contributed by atoms with Crippen LogP contribution in [-0.4, -0.2) is 29.5 Å². The van der Waals surface area contributed by atoms with Crippen molar-refractivity contribution in [2.45, 2.75) is 71.4 Å². The molecule has 21 heavy (non-hydrogen) atoms. The third kappa shape index (κ3) is 4.00. The van der Waals surface area contributed by atoms with Gasteiger partial charge in [0.15, 0.2) is 5.75 Å². The minimum Gasteiger partial charge on any atom is -0.493 e. The van der Waals surface area contributed by atoms with Crippen molar-refractivity contribution in [3.05, 3.63) is 11.9 Å². The SMILES string of the molecule is CCn1ncc(OC)c1C1CCCCCC1CNC(C)C. The molecule has 4 heteroatoms. The third-order valence-electron chi connectivity index (χ3n) is 4.66. The number of hydrogen-bond donors (Lipinski definition) is 1. The minimum atomic E-state index is 0.548. The first-order valence-corrected chi connectivity index (χ1v) is 8.50. The van der Waals surface area contributed by atoms with Gasteiger partial charge < -0.3 is 10.1 Å². The van der Waals surface area contributed by atoms with E-state index in [9.17, 15) is 0 Å². The lowest BCUT2D eigenvalue weighted by atomic mass is 9.84. The number of aromatic nitrogens is 2. The first kappa shape index (κ1) is 16.3. The molecule has 1 fully saturated rings. The Morgan fingerprint density at radius 3 is 2.76 bits per heavy atom. The van der Waals surface area contributed by atoms with E-state index in [-0.39, 0.29) is 0 Å². The fourth-order valence-corrected chi connectivity index (χ4v) is 3.54. The van der Waals surface area contributed by atoms with Crippen LogP contribution in [0.1, 0.15) is 64.5 Å². The first-order valence-electron chi connectivity index (χ1n) is 8.50. The van der Waals surface area contributed by atoms with Crippen LogP contribution in [0, 0.1) is 5.92 Å². The summed E-state index contributed by atoms with van der Waals surface area (Å²) in [5.74, 6) is 2.22. The van der Waals surface area contributed by atoms with Crippen LogP contribution in [0.25, 0.3) is 0 Å². The van der Waals surface area contributed by atoms with Crippen LogP contribution in [0.15, 0.2) is 6.20 Å². The summed E-state index contributed by atoms with van der Waals surface area (Å²) in [6.07, 6.45) is 8.48. The lowest BCUT2D eigenvalue weighted by molar-refractivity contribution is 0.332. The van der Waals surface area contributed by atoms with Crippen molar-refractivity contribution in [2.75, 3.05) is 13.7 Å². The average Bonchev–Trinajstić information content (AvgIpc) is 2.75. The lowest BCUT2D eigenvalue weighted by Gasteiger charge is -2.27. The fourth-order valence-electron chi connectivity index (χ4n) is 3.54. The number of rotatable bonds is 6. The number of nitrogens with zero attached hydrogens (tertiary/aromatic N) is 2. The van der Waals surface area contributed by atoms with Gasteiger partial charge in [-0.2, -0.15) is 5.10 Å². The Kier molecular flexibility index (Phi) is 6.09. The van der Waals surface area contributed by atoms with Crippen molar-refractivity contribution in [1.82, 2.24) is 15.1 Å². The number of ether oxygens (including phenoxy) is 1. The zero-order valence-electron chi connectivity index (χ0n) is 14.1. The summed E-state index contributed by atoms with van der Waals surface area (Å²) in [5.41, 5.74) is 1.32. The van der Waals surface area contributed by atoms with E-state index in [1.54, 1.807) is 7.11 Å². The largest absolute Gasteiger partial charge is 0.493 e. The molecular weight excluding hydrogens is 262 g/mol. The molecule has 1 heterocycles. The second kappa shape index (κ2) is 7.83. The van der Waals surface area contributed by atoms with Crippen LogP contribution in [-0.2, 0) is 6.54 Å². The highest BCUT2D eigenvalue weighted by Gasteiger charge is 2.30. The van der Waals surface area contributed by atoms with Crippen LogP contribution in [0.5, 0.6) is 5.75 Å². The summed E-state index contributed by atoms with van der Waals surface area (Å²) in [7, 11) is 1.76. The molecule has 0 bridgehead atoms. The molecule has 1 aromatic heterocycles. The molecule has 4 nitrogen and oxygen atoms in total. The van der Waals surface area contributed by atoms with Crippen LogP contribution >= 0.6 is 0 Å². The summed E-state index contributed by atoms with van der Waals surface area (Å²) in [5, 5.41) is 8.15. The van der Waals surface area contributed by atoms with Crippen molar-refractivity contribution in [2.24, 2.45) is 5.92 Å². The predicted molar refractivity (Wildman–Crippen MR) is 86.9 cm³/mol. The number of nitrogens with one attached hydrogen (secondary N) is 1. The zero-order valence-corrected chi connectivity index (χ0v) is 14.1. The average molecular weight is 293 g/mol. The van der Waals surface area contributed by atoms with E-state index in [1.807, 2.05) is 6.20 Å². The molecular formula is C17H31N3O. The Bertz CT molecular complexity index is 406. The Hall–Kier alpha value is -1.03. The van der Waals surface area contributed by atoms with E-state index in [0.717, 1.165) is 18.8 Å². The van der Waals surface area contributed by atoms with Crippen molar-refractivity contribution in [3.63, 3.8) is 0 Å². The Morgan fingerprint density at radius 1 is 1.33 bits per heavy atom. The molecule has 0 saturated heterocycles. The van der Waals surface area contributed by atoms with E-state index >= 15 is 0 Å². The van der Waals surface area contributed by atoms with E-state index in [0.29, 0.717) is 17.9 Å². The van der Waals surface area contributed by atoms with Gasteiger partial charge in [0.1, 0.15) is 0 Å². The number of hydrogen-bond acceptors (Lipinski definition) is 3. The standard InChI is InChI=1S/C17H31N3O/c1-5-20-17(16(21-4)12-19-20)15-10-8-6-7-9-14(15)11-18-13(2)3/h12-15,18H,5-11H2,1-4H3. The molecule has 1 aromatic rings. The Morgan fingerprint density at radius 2 is 2.10 bits per heavy atom. The molecule has 0 amide bonds. The van der Waals surface area contributed by atoms with Gasteiger partial charge in [0, 0.05) is 18.5 Å². The second-order valence-electron chi connectivity index (χ2n) is 6.48. The molecule has 0 spiro atoms. The lowest BCUT2D eigenvalue weighted by Crippen LogP contribution is -2.32. The molecule has 0 aromatic carbocycles. The van der Waals surface area contributed by atoms with E-state index < -0.39 is 0 Å². The molecule has 1 aliphatic rings. The van der Waals surface area contributed by atoms with Crippen LogP contribution in [0.4, 0.5) is 0 Å². The molecule has 2 unspecified atom stereocenters. The third-order valence-corrected chi connectivity index (χ3v) is 4.66. The summed E-state index contributed by atoms with van der Waals surface area (Å²) in [6.45, 7) is 8.62. The van der Waals surface area contributed by atoms with Crippen LogP contribution in [0.3, 0.4) is 0 Å². The Labute approximate surface area is 129 Å². The maximum absolute atomic E-state index is 5.59. The van der Waals surface area contributed by atoms with Gasteiger partial charge in [-0.3, -0.25) is 4.68 Å². The van der Waals surface area contributed by atoms with Gasteiger partial charge in [-0.1, -0.05) is 33.1 Å². The molecule has 1 saturated carbocycles. The van der Waals surface area contributed by atoms with Gasteiger partial charge in [-0.15, -0.1) is 0 Å². The van der Waals surface area contributed by atoms with Gasteiger partial charge in [0.2, 0.25) is 0 Å². The fraction of sp³-hybridized carbons (Fsp3) is 0.824. The van der Waals surface area contributed by atoms with E-state index in [2.05, 4.69) is 35.9 Å². The maximum Gasteiger partial charge on any atom is 0.160 e. The molecule has 1 N–H and O–H groups in total. The van der Waals surface area contributed by atoms with Gasteiger partial charge in [0.25, 0.3) is 0 Å². The number of aryl methyl sites for hydroxylation is 1. The first-order chi connectivity index (χ1) is 10.2. The highest BCUT2D eigenvalue weighted by Crippen LogP contribution is 2.40. The van der Waals surface area contributed by atoms with E-state index in [4.69, 9.17) is 4.74 Å². The predicted octanol–water partition coefficient (Wildman–Crippen LogP) is 3.57. The summed E-state index contributed by atoms with van der Waals surface area (Å²) in [4.78, 5) is 0. The summed E-state index contributed by atoms with van der Waals surface area (Å²) >= 11 is 0. The monoisotopic (exact) mass is 293 g/mol. The topological polar surface area (TPSA) is 39.1 Å². The molecule has 0 aliphatic heterocycles. The highest BCUT2D eigenvalue weighted by atomic mass is 16.5. The second-order valence-corrected chi connectivity index (χ2v) is 6.48. The van der Waals surface area contributed by atoms with Gasteiger partial charge in [-0.05, 0) is 32.2 Å². The van der Waals surface area contributed by atoms with Crippen molar-refractivity contribution < 1.29 is 4.74 Å².